The predicted octanol–water partition coefficient (Wildman–Crippen LogP) is 3.01. The molecule has 1 saturated heterocycles. The zero-order valence-corrected chi connectivity index (χ0v) is 15.8. The molecule has 8 heteroatoms. The molecule has 0 radical (unpaired) electrons. The third-order valence-corrected chi connectivity index (χ3v) is 6.60. The molecule has 4 rings (SSSR count). The van der Waals surface area contributed by atoms with Crippen molar-refractivity contribution in [1.29, 1.82) is 0 Å². The maximum absolute atomic E-state index is 13.0. The Morgan fingerprint density at radius 1 is 1.11 bits per heavy atom. The van der Waals surface area contributed by atoms with Crippen molar-refractivity contribution in [2.45, 2.75) is 30.6 Å². The summed E-state index contributed by atoms with van der Waals surface area (Å²) in [6, 6.07) is 12.4. The van der Waals surface area contributed by atoms with E-state index in [2.05, 4.69) is 15.2 Å². The number of pyridine rings is 1. The molecule has 1 fully saturated rings. The maximum Gasteiger partial charge on any atom is 0.266 e. The molecule has 1 aliphatic rings. The molecular formula is C19H20N4O3S. The Labute approximate surface area is 158 Å². The van der Waals surface area contributed by atoms with E-state index in [0.717, 1.165) is 18.4 Å². The van der Waals surface area contributed by atoms with Crippen LogP contribution in [0.1, 0.15) is 30.2 Å². The van der Waals surface area contributed by atoms with Crippen LogP contribution in [0.2, 0.25) is 0 Å². The number of piperidine rings is 1. The lowest BCUT2D eigenvalue weighted by Gasteiger charge is -2.30. The highest BCUT2D eigenvalue weighted by molar-refractivity contribution is 7.89. The van der Waals surface area contributed by atoms with Crippen LogP contribution in [0.3, 0.4) is 0 Å². The molecule has 140 valence electrons. The number of hydrogen-bond donors (Lipinski definition) is 0. The number of nitrogens with zero attached hydrogens (tertiary/aromatic N) is 4. The molecule has 2 aromatic heterocycles. The van der Waals surface area contributed by atoms with Gasteiger partial charge < -0.3 is 4.42 Å². The van der Waals surface area contributed by atoms with Gasteiger partial charge in [0.2, 0.25) is 15.9 Å². The highest BCUT2D eigenvalue weighted by Gasteiger charge is 2.33. The first-order valence-corrected chi connectivity index (χ1v) is 10.3. The van der Waals surface area contributed by atoms with Crippen LogP contribution in [0.25, 0.3) is 11.6 Å². The van der Waals surface area contributed by atoms with Crippen LogP contribution in [0.5, 0.6) is 0 Å². The van der Waals surface area contributed by atoms with Gasteiger partial charge in [-0.15, -0.1) is 10.2 Å². The first kappa shape index (κ1) is 17.8. The molecule has 0 saturated carbocycles. The van der Waals surface area contributed by atoms with Gasteiger partial charge in [-0.3, -0.25) is 4.98 Å². The van der Waals surface area contributed by atoms with Crippen LogP contribution in [-0.2, 0) is 10.0 Å². The van der Waals surface area contributed by atoms with Crippen LogP contribution >= 0.6 is 0 Å². The quantitative estimate of drug-likeness (QED) is 0.687. The molecule has 0 aliphatic carbocycles. The van der Waals surface area contributed by atoms with Gasteiger partial charge in [0.1, 0.15) is 5.69 Å². The Balaban J connectivity index is 1.55. The predicted molar refractivity (Wildman–Crippen MR) is 99.4 cm³/mol. The summed E-state index contributed by atoms with van der Waals surface area (Å²) in [5, 5.41) is 8.21. The van der Waals surface area contributed by atoms with E-state index in [4.69, 9.17) is 4.42 Å². The molecule has 27 heavy (non-hydrogen) atoms. The second kappa shape index (κ2) is 7.21. The average Bonchev–Trinajstić information content (AvgIpc) is 3.19. The van der Waals surface area contributed by atoms with E-state index in [0.29, 0.717) is 35.5 Å². The topological polar surface area (TPSA) is 89.2 Å². The lowest BCUT2D eigenvalue weighted by molar-refractivity contribution is 0.286. The summed E-state index contributed by atoms with van der Waals surface area (Å²) in [6.45, 7) is 2.76. The number of aryl methyl sites for hydroxylation is 1. The third-order valence-electron chi connectivity index (χ3n) is 4.72. The molecule has 7 nitrogen and oxygen atoms in total. The van der Waals surface area contributed by atoms with Gasteiger partial charge in [-0.25, -0.2) is 8.42 Å². The minimum Gasteiger partial charge on any atom is -0.419 e. The van der Waals surface area contributed by atoms with Crippen molar-refractivity contribution in [3.8, 4) is 11.6 Å². The standard InChI is InChI=1S/C19H20N4O3S/c1-14-7-9-16(10-8-14)27(24,25)23-12-4-5-15(13-23)18-21-22-19(26-18)17-6-2-3-11-20-17/h2-3,6-11,15H,4-5,12-13H2,1H3/t15-/m1/s1. The van der Waals surface area contributed by atoms with Crippen LogP contribution in [0.15, 0.2) is 58.0 Å². The normalized spacial score (nSPS) is 18.5. The minimum absolute atomic E-state index is 0.121. The van der Waals surface area contributed by atoms with Crippen molar-refractivity contribution in [3.05, 3.63) is 60.1 Å². The van der Waals surface area contributed by atoms with E-state index >= 15 is 0 Å². The summed E-state index contributed by atoms with van der Waals surface area (Å²) >= 11 is 0. The maximum atomic E-state index is 13.0. The first-order chi connectivity index (χ1) is 13.0. The van der Waals surface area contributed by atoms with Gasteiger partial charge in [0, 0.05) is 19.3 Å². The van der Waals surface area contributed by atoms with Crippen molar-refractivity contribution in [3.63, 3.8) is 0 Å². The van der Waals surface area contributed by atoms with E-state index in [1.807, 2.05) is 31.2 Å². The Hall–Kier alpha value is -2.58. The Kier molecular flexibility index (Phi) is 4.75. The van der Waals surface area contributed by atoms with Gasteiger partial charge in [-0.05, 0) is 44.0 Å². The van der Waals surface area contributed by atoms with Gasteiger partial charge in [-0.1, -0.05) is 23.8 Å². The molecule has 3 aromatic rings. The Bertz CT molecular complexity index is 1020. The van der Waals surface area contributed by atoms with Crippen LogP contribution in [0, 0.1) is 6.92 Å². The van der Waals surface area contributed by atoms with Crippen LogP contribution in [-0.4, -0.2) is 41.0 Å². The summed E-state index contributed by atoms with van der Waals surface area (Å²) in [5.74, 6) is 0.688. The van der Waals surface area contributed by atoms with Gasteiger partial charge in [-0.2, -0.15) is 4.31 Å². The summed E-state index contributed by atoms with van der Waals surface area (Å²) < 4.78 is 33.2. The van der Waals surface area contributed by atoms with Crippen LogP contribution < -0.4 is 0 Å². The van der Waals surface area contributed by atoms with E-state index in [9.17, 15) is 8.42 Å². The van der Waals surface area contributed by atoms with Crippen molar-refractivity contribution < 1.29 is 12.8 Å². The second-order valence-electron chi connectivity index (χ2n) is 6.68. The Morgan fingerprint density at radius 2 is 1.93 bits per heavy atom. The minimum atomic E-state index is -3.53. The highest BCUT2D eigenvalue weighted by Crippen LogP contribution is 2.30. The highest BCUT2D eigenvalue weighted by atomic mass is 32.2. The fourth-order valence-electron chi connectivity index (χ4n) is 3.21. The van der Waals surface area contributed by atoms with Crippen molar-refractivity contribution in [2.75, 3.05) is 13.1 Å². The molecule has 0 N–H and O–H groups in total. The number of aromatic nitrogens is 3. The smallest absolute Gasteiger partial charge is 0.266 e. The number of sulfonamides is 1. The fourth-order valence-corrected chi connectivity index (χ4v) is 4.74. The van der Waals surface area contributed by atoms with E-state index in [1.165, 1.54) is 4.31 Å². The average molecular weight is 384 g/mol. The summed E-state index contributed by atoms with van der Waals surface area (Å²) in [7, 11) is -3.53. The van der Waals surface area contributed by atoms with E-state index < -0.39 is 10.0 Å². The largest absolute Gasteiger partial charge is 0.419 e. The molecule has 0 amide bonds. The number of benzene rings is 1. The zero-order valence-electron chi connectivity index (χ0n) is 14.9. The van der Waals surface area contributed by atoms with Crippen molar-refractivity contribution in [1.82, 2.24) is 19.5 Å². The number of rotatable bonds is 4. The van der Waals surface area contributed by atoms with Crippen molar-refractivity contribution >= 4 is 10.0 Å². The molecule has 1 aromatic carbocycles. The third kappa shape index (κ3) is 3.63. The van der Waals surface area contributed by atoms with Crippen LogP contribution in [0.4, 0.5) is 0 Å². The van der Waals surface area contributed by atoms with Crippen molar-refractivity contribution in [2.24, 2.45) is 0 Å². The van der Waals surface area contributed by atoms with Gasteiger partial charge in [0.25, 0.3) is 5.89 Å². The summed E-state index contributed by atoms with van der Waals surface area (Å²) in [5.41, 5.74) is 1.63. The fraction of sp³-hybridized carbons (Fsp3) is 0.316. The molecular weight excluding hydrogens is 364 g/mol. The SMILES string of the molecule is Cc1ccc(S(=O)(=O)N2CCC[C@@H](c3nnc(-c4ccccn4)o3)C2)cc1. The molecule has 1 atom stereocenters. The molecule has 3 heterocycles. The molecule has 0 unspecified atom stereocenters. The lowest BCUT2D eigenvalue weighted by atomic mass is 10.00. The molecule has 1 aliphatic heterocycles. The first-order valence-electron chi connectivity index (χ1n) is 8.85. The second-order valence-corrected chi connectivity index (χ2v) is 8.61. The zero-order chi connectivity index (χ0) is 18.9. The monoisotopic (exact) mass is 384 g/mol. The van der Waals surface area contributed by atoms with E-state index in [-0.39, 0.29) is 5.92 Å². The number of hydrogen-bond acceptors (Lipinski definition) is 6. The lowest BCUT2D eigenvalue weighted by Crippen LogP contribution is -2.39. The van der Waals surface area contributed by atoms with Gasteiger partial charge in [0.05, 0.1) is 10.8 Å². The summed E-state index contributed by atoms with van der Waals surface area (Å²) in [6.07, 6.45) is 3.22. The summed E-state index contributed by atoms with van der Waals surface area (Å²) in [4.78, 5) is 4.52. The van der Waals surface area contributed by atoms with E-state index in [1.54, 1.807) is 24.4 Å². The molecule has 0 spiro atoms. The van der Waals surface area contributed by atoms with Gasteiger partial charge >= 0.3 is 0 Å². The Morgan fingerprint density at radius 3 is 2.67 bits per heavy atom. The molecule has 0 bridgehead atoms. The van der Waals surface area contributed by atoms with Gasteiger partial charge in [0.15, 0.2) is 0 Å².